The van der Waals surface area contributed by atoms with Gasteiger partial charge in [-0.15, -0.1) is 0 Å². The van der Waals surface area contributed by atoms with E-state index in [0.29, 0.717) is 31.0 Å². The van der Waals surface area contributed by atoms with Crippen molar-refractivity contribution < 1.29 is 9.53 Å². The van der Waals surface area contributed by atoms with Crippen LogP contribution < -0.4 is 10.1 Å². The fourth-order valence-corrected chi connectivity index (χ4v) is 3.48. The van der Waals surface area contributed by atoms with E-state index in [9.17, 15) is 4.79 Å². The Hall–Kier alpha value is -1.69. The minimum atomic E-state index is 0.174. The summed E-state index contributed by atoms with van der Waals surface area (Å²) in [4.78, 5) is 22.5. The van der Waals surface area contributed by atoms with E-state index >= 15 is 0 Å². The van der Waals surface area contributed by atoms with E-state index in [1.54, 1.807) is 18.6 Å². The van der Waals surface area contributed by atoms with Gasteiger partial charge in [-0.1, -0.05) is 19.3 Å². The zero-order chi connectivity index (χ0) is 15.9. The number of hydrogen-bond donors (Lipinski definition) is 1. The average molecular weight is 318 g/mol. The Labute approximate surface area is 137 Å². The molecule has 1 aromatic heterocycles. The number of carbonyl (C=O) groups excluding carboxylic acids is 1. The Morgan fingerprint density at radius 2 is 2.13 bits per heavy atom. The normalized spacial score (nSPS) is 22.9. The Bertz CT molecular complexity index is 491. The molecule has 1 unspecified atom stereocenters. The molecule has 0 spiro atoms. The lowest BCUT2D eigenvalue weighted by molar-refractivity contribution is -0.123. The van der Waals surface area contributed by atoms with Crippen molar-refractivity contribution in [1.29, 1.82) is 0 Å². The maximum absolute atomic E-state index is 12.2. The molecule has 1 aliphatic carbocycles. The van der Waals surface area contributed by atoms with Crippen LogP contribution in [0.25, 0.3) is 0 Å². The molecule has 0 aromatic carbocycles. The monoisotopic (exact) mass is 318 g/mol. The lowest BCUT2D eigenvalue weighted by Crippen LogP contribution is -2.42. The molecule has 1 atom stereocenters. The highest BCUT2D eigenvalue weighted by molar-refractivity contribution is 5.78. The first-order chi connectivity index (χ1) is 11.3. The Kier molecular flexibility index (Phi) is 5.80. The van der Waals surface area contributed by atoms with Crippen molar-refractivity contribution >= 4 is 5.91 Å². The molecule has 1 aromatic rings. The maximum atomic E-state index is 12.2. The molecule has 1 saturated carbocycles. The number of ether oxygens (including phenoxy) is 1. The molecular formula is C17H26N4O2. The molecule has 0 bridgehead atoms. The SMILES string of the molecule is O=C(CN1CCC(COc2cnccn2)C1)NC1CCCCC1. The van der Waals surface area contributed by atoms with E-state index in [1.807, 2.05) is 0 Å². The first kappa shape index (κ1) is 16.2. The lowest BCUT2D eigenvalue weighted by atomic mass is 9.95. The van der Waals surface area contributed by atoms with Gasteiger partial charge in [0.1, 0.15) is 0 Å². The van der Waals surface area contributed by atoms with Crippen LogP contribution in [0.1, 0.15) is 38.5 Å². The molecule has 126 valence electrons. The largest absolute Gasteiger partial charge is 0.476 e. The first-order valence-corrected chi connectivity index (χ1v) is 8.70. The van der Waals surface area contributed by atoms with E-state index in [2.05, 4.69) is 20.2 Å². The highest BCUT2D eigenvalue weighted by Gasteiger charge is 2.25. The highest BCUT2D eigenvalue weighted by atomic mass is 16.5. The number of nitrogens with zero attached hydrogens (tertiary/aromatic N) is 3. The summed E-state index contributed by atoms with van der Waals surface area (Å²) in [7, 11) is 0. The van der Waals surface area contributed by atoms with E-state index in [4.69, 9.17) is 4.74 Å². The summed E-state index contributed by atoms with van der Waals surface area (Å²) in [6.07, 6.45) is 12.0. The standard InChI is InChI=1S/C17H26N4O2/c22-16(20-15-4-2-1-3-5-15)12-21-9-6-14(11-21)13-23-17-10-18-7-8-19-17/h7-8,10,14-15H,1-6,9,11-13H2,(H,20,22). The van der Waals surface area contributed by atoms with Crippen molar-refractivity contribution in [3.8, 4) is 5.88 Å². The summed E-state index contributed by atoms with van der Waals surface area (Å²) in [5, 5.41) is 3.19. The summed E-state index contributed by atoms with van der Waals surface area (Å²) in [5.41, 5.74) is 0. The number of nitrogens with one attached hydrogen (secondary N) is 1. The van der Waals surface area contributed by atoms with Gasteiger partial charge in [0.25, 0.3) is 0 Å². The van der Waals surface area contributed by atoms with Crippen LogP contribution >= 0.6 is 0 Å². The van der Waals surface area contributed by atoms with Crippen LogP contribution in [0.2, 0.25) is 0 Å². The zero-order valence-electron chi connectivity index (χ0n) is 13.6. The molecule has 23 heavy (non-hydrogen) atoms. The van der Waals surface area contributed by atoms with Gasteiger partial charge in [0, 0.05) is 30.9 Å². The van der Waals surface area contributed by atoms with Gasteiger partial charge >= 0.3 is 0 Å². The quantitative estimate of drug-likeness (QED) is 0.863. The summed E-state index contributed by atoms with van der Waals surface area (Å²) < 4.78 is 5.66. The van der Waals surface area contributed by atoms with E-state index in [1.165, 1.54) is 19.3 Å². The van der Waals surface area contributed by atoms with E-state index < -0.39 is 0 Å². The molecule has 6 nitrogen and oxygen atoms in total. The van der Waals surface area contributed by atoms with Gasteiger partial charge in [-0.3, -0.25) is 14.7 Å². The van der Waals surface area contributed by atoms with Crippen LogP contribution in [0.3, 0.4) is 0 Å². The minimum Gasteiger partial charge on any atom is -0.476 e. The number of hydrogen-bond acceptors (Lipinski definition) is 5. The molecule has 1 saturated heterocycles. The van der Waals surface area contributed by atoms with Crippen molar-refractivity contribution in [2.45, 2.75) is 44.6 Å². The summed E-state index contributed by atoms with van der Waals surface area (Å²) in [6, 6.07) is 0.398. The van der Waals surface area contributed by atoms with Crippen LogP contribution in [0.15, 0.2) is 18.6 Å². The second-order valence-electron chi connectivity index (χ2n) is 6.65. The summed E-state index contributed by atoms with van der Waals surface area (Å²) >= 11 is 0. The molecule has 2 fully saturated rings. The summed E-state index contributed by atoms with van der Waals surface area (Å²) in [6.45, 7) is 3.03. The number of likely N-dealkylation sites (tertiary alicyclic amines) is 1. The van der Waals surface area contributed by atoms with Crippen molar-refractivity contribution in [2.75, 3.05) is 26.2 Å². The lowest BCUT2D eigenvalue weighted by Gasteiger charge is -2.24. The number of rotatable bonds is 6. The second-order valence-corrected chi connectivity index (χ2v) is 6.65. The third-order valence-corrected chi connectivity index (χ3v) is 4.71. The van der Waals surface area contributed by atoms with Crippen LogP contribution in [0, 0.1) is 5.92 Å². The predicted octanol–water partition coefficient (Wildman–Crippen LogP) is 1.63. The van der Waals surface area contributed by atoms with Crippen LogP contribution in [0.5, 0.6) is 5.88 Å². The van der Waals surface area contributed by atoms with Gasteiger partial charge in [-0.2, -0.15) is 0 Å². The first-order valence-electron chi connectivity index (χ1n) is 8.70. The molecular weight excluding hydrogens is 292 g/mol. The Morgan fingerprint density at radius 3 is 2.91 bits per heavy atom. The van der Waals surface area contributed by atoms with Crippen LogP contribution in [-0.2, 0) is 4.79 Å². The molecule has 0 radical (unpaired) electrons. The fourth-order valence-electron chi connectivity index (χ4n) is 3.48. The maximum Gasteiger partial charge on any atom is 0.234 e. The van der Waals surface area contributed by atoms with Crippen molar-refractivity contribution in [3.63, 3.8) is 0 Å². The smallest absolute Gasteiger partial charge is 0.234 e. The van der Waals surface area contributed by atoms with Crippen molar-refractivity contribution in [2.24, 2.45) is 5.92 Å². The topological polar surface area (TPSA) is 67.4 Å². The third-order valence-electron chi connectivity index (χ3n) is 4.71. The average Bonchev–Trinajstić information content (AvgIpc) is 3.02. The van der Waals surface area contributed by atoms with Crippen LogP contribution in [-0.4, -0.2) is 53.1 Å². The highest BCUT2D eigenvalue weighted by Crippen LogP contribution is 2.19. The van der Waals surface area contributed by atoms with Gasteiger partial charge < -0.3 is 10.1 Å². The molecule has 2 aliphatic rings. The molecule has 1 N–H and O–H groups in total. The molecule has 6 heteroatoms. The van der Waals surface area contributed by atoms with E-state index in [-0.39, 0.29) is 5.91 Å². The number of aromatic nitrogens is 2. The predicted molar refractivity (Wildman–Crippen MR) is 87.1 cm³/mol. The zero-order valence-corrected chi connectivity index (χ0v) is 13.6. The molecule has 1 aliphatic heterocycles. The van der Waals surface area contributed by atoms with Gasteiger partial charge in [-0.05, 0) is 25.8 Å². The molecule has 2 heterocycles. The Morgan fingerprint density at radius 1 is 1.26 bits per heavy atom. The summed E-state index contributed by atoms with van der Waals surface area (Å²) in [5.74, 6) is 1.20. The van der Waals surface area contributed by atoms with Gasteiger partial charge in [0.15, 0.2) is 0 Å². The molecule has 1 amide bonds. The minimum absolute atomic E-state index is 0.174. The number of amides is 1. The van der Waals surface area contributed by atoms with Crippen molar-refractivity contribution in [1.82, 2.24) is 20.2 Å². The number of carbonyl (C=O) groups is 1. The fraction of sp³-hybridized carbons (Fsp3) is 0.706. The van der Waals surface area contributed by atoms with Crippen LogP contribution in [0.4, 0.5) is 0 Å². The van der Waals surface area contributed by atoms with Crippen molar-refractivity contribution in [3.05, 3.63) is 18.6 Å². The van der Waals surface area contributed by atoms with Gasteiger partial charge in [0.05, 0.1) is 19.3 Å². The third kappa shape index (κ3) is 5.16. The second kappa shape index (κ2) is 8.24. The van der Waals surface area contributed by atoms with Gasteiger partial charge in [-0.25, -0.2) is 4.98 Å². The molecule has 3 rings (SSSR count). The Balaban J connectivity index is 1.35. The van der Waals surface area contributed by atoms with E-state index in [0.717, 1.165) is 32.4 Å². The van der Waals surface area contributed by atoms with Gasteiger partial charge in [0.2, 0.25) is 11.8 Å².